The van der Waals surface area contributed by atoms with Crippen LogP contribution in [0.1, 0.15) is 76.8 Å². The number of nitrogens with zero attached hydrogens (tertiary/aromatic N) is 1. The molecule has 4 N–H and O–H groups in total. The average molecular weight is 357 g/mol. The maximum absolute atomic E-state index is 6.43. The van der Waals surface area contributed by atoms with Crippen molar-refractivity contribution in [3.8, 4) is 0 Å². The van der Waals surface area contributed by atoms with E-state index in [0.717, 1.165) is 24.4 Å². The molecular formula is C22H36N4. The van der Waals surface area contributed by atoms with Crippen LogP contribution < -0.4 is 16.4 Å². The van der Waals surface area contributed by atoms with Crippen molar-refractivity contribution >= 4 is 5.70 Å². The highest BCUT2D eigenvalue weighted by molar-refractivity contribution is 5.64. The molecule has 0 aromatic carbocycles. The van der Waals surface area contributed by atoms with Crippen LogP contribution in [0.15, 0.2) is 42.6 Å². The van der Waals surface area contributed by atoms with Crippen LogP contribution in [-0.4, -0.2) is 17.3 Å². The summed E-state index contributed by atoms with van der Waals surface area (Å²) in [6.07, 6.45) is 21.2. The fraction of sp³-hybridized carbons (Fsp3) is 0.591. The molecule has 1 aromatic heterocycles. The highest BCUT2D eigenvalue weighted by Crippen LogP contribution is 2.15. The maximum Gasteiger partial charge on any atom is 0.161 e. The van der Waals surface area contributed by atoms with E-state index in [1.54, 1.807) is 6.20 Å². The summed E-state index contributed by atoms with van der Waals surface area (Å²) in [7, 11) is 0. The van der Waals surface area contributed by atoms with E-state index in [1.165, 1.54) is 57.8 Å². The van der Waals surface area contributed by atoms with Crippen LogP contribution in [0.5, 0.6) is 0 Å². The number of nitrogens with one attached hydrogen (secondary N) is 2. The van der Waals surface area contributed by atoms with Gasteiger partial charge in [0.1, 0.15) is 0 Å². The summed E-state index contributed by atoms with van der Waals surface area (Å²) >= 11 is 0. The zero-order chi connectivity index (χ0) is 18.5. The van der Waals surface area contributed by atoms with Crippen LogP contribution in [0.3, 0.4) is 0 Å². The molecule has 2 heterocycles. The molecule has 144 valence electrons. The second-order valence-corrected chi connectivity index (χ2v) is 7.26. The van der Waals surface area contributed by atoms with Gasteiger partial charge in [0.2, 0.25) is 0 Å². The molecule has 0 fully saturated rings. The topological polar surface area (TPSA) is 63.0 Å². The van der Waals surface area contributed by atoms with Crippen LogP contribution in [0.25, 0.3) is 5.70 Å². The van der Waals surface area contributed by atoms with Crippen molar-refractivity contribution in [1.29, 1.82) is 0 Å². The summed E-state index contributed by atoms with van der Waals surface area (Å²) in [5, 5.41) is 6.79. The highest BCUT2D eigenvalue weighted by Gasteiger charge is 2.24. The lowest BCUT2D eigenvalue weighted by Gasteiger charge is -2.33. The third-order valence-electron chi connectivity index (χ3n) is 4.85. The Morgan fingerprint density at radius 3 is 2.35 bits per heavy atom. The van der Waals surface area contributed by atoms with Gasteiger partial charge in [0.15, 0.2) is 5.79 Å². The van der Waals surface area contributed by atoms with Gasteiger partial charge in [0, 0.05) is 6.20 Å². The normalized spacial score (nSPS) is 19.2. The lowest BCUT2D eigenvalue weighted by atomic mass is 10.1. The van der Waals surface area contributed by atoms with Crippen molar-refractivity contribution in [2.24, 2.45) is 5.73 Å². The Bertz CT molecular complexity index is 553. The molecule has 0 spiro atoms. The minimum absolute atomic E-state index is 0.694. The minimum atomic E-state index is -0.694. The smallest absolute Gasteiger partial charge is 0.161 e. The molecule has 1 aliphatic rings. The highest BCUT2D eigenvalue weighted by atomic mass is 15.3. The molecule has 0 saturated carbocycles. The van der Waals surface area contributed by atoms with Gasteiger partial charge in [0.05, 0.1) is 11.4 Å². The molecule has 26 heavy (non-hydrogen) atoms. The van der Waals surface area contributed by atoms with Crippen molar-refractivity contribution < 1.29 is 0 Å². The van der Waals surface area contributed by atoms with Crippen molar-refractivity contribution in [2.75, 3.05) is 6.54 Å². The quantitative estimate of drug-likeness (QED) is 0.354. The predicted octanol–water partition coefficient (Wildman–Crippen LogP) is 4.70. The first kappa shape index (κ1) is 20.7. The number of aromatic nitrogens is 1. The molecule has 0 amide bonds. The van der Waals surface area contributed by atoms with Gasteiger partial charge in [-0.25, -0.2) is 0 Å². The lowest BCUT2D eigenvalue weighted by molar-refractivity contribution is 0.370. The first-order chi connectivity index (χ1) is 12.7. The fourth-order valence-electron chi connectivity index (χ4n) is 3.28. The second kappa shape index (κ2) is 11.9. The van der Waals surface area contributed by atoms with Crippen LogP contribution >= 0.6 is 0 Å². The Hall–Kier alpha value is -1.65. The first-order valence-electron chi connectivity index (χ1n) is 10.4. The van der Waals surface area contributed by atoms with Crippen molar-refractivity contribution in [2.45, 2.75) is 76.9 Å². The number of unbranched alkanes of at least 4 members (excludes halogenated alkanes) is 9. The van der Waals surface area contributed by atoms with Gasteiger partial charge in [-0.2, -0.15) is 0 Å². The van der Waals surface area contributed by atoms with Crippen molar-refractivity contribution in [3.05, 3.63) is 48.3 Å². The molecule has 0 saturated heterocycles. The number of nitrogens with two attached hydrogens (primary N) is 1. The average Bonchev–Trinajstić information content (AvgIpc) is 2.67. The first-order valence-corrected chi connectivity index (χ1v) is 10.4. The van der Waals surface area contributed by atoms with Gasteiger partial charge in [-0.15, -0.1) is 0 Å². The van der Waals surface area contributed by atoms with E-state index < -0.39 is 5.79 Å². The van der Waals surface area contributed by atoms with Gasteiger partial charge in [-0.05, 0) is 37.3 Å². The molecule has 4 nitrogen and oxygen atoms in total. The molecule has 1 atom stereocenters. The number of hydrogen-bond acceptors (Lipinski definition) is 4. The Labute approximate surface area is 159 Å². The van der Waals surface area contributed by atoms with Crippen molar-refractivity contribution in [3.63, 3.8) is 0 Å². The summed E-state index contributed by atoms with van der Waals surface area (Å²) in [6, 6.07) is 5.89. The molecule has 4 heteroatoms. The van der Waals surface area contributed by atoms with E-state index >= 15 is 0 Å². The van der Waals surface area contributed by atoms with E-state index in [-0.39, 0.29) is 0 Å². The standard InChI is InChI=1S/C22H36N4/c1-2-3-4-5-6-7-8-9-10-12-19-25-22(23)17-14-16-21(26-22)20-15-11-13-18-24-20/h11,13-18,25-26H,2-10,12,19,23H2,1H3. The van der Waals surface area contributed by atoms with Crippen LogP contribution in [-0.2, 0) is 0 Å². The minimum Gasteiger partial charge on any atom is -0.350 e. The molecule has 0 radical (unpaired) electrons. The molecular weight excluding hydrogens is 320 g/mol. The third-order valence-corrected chi connectivity index (χ3v) is 4.85. The van der Waals surface area contributed by atoms with Crippen LogP contribution in [0, 0.1) is 0 Å². The Morgan fingerprint density at radius 1 is 1.00 bits per heavy atom. The second-order valence-electron chi connectivity index (χ2n) is 7.26. The van der Waals surface area contributed by atoms with Gasteiger partial charge < -0.3 is 5.32 Å². The molecule has 1 aromatic rings. The van der Waals surface area contributed by atoms with E-state index in [2.05, 4.69) is 22.5 Å². The summed E-state index contributed by atoms with van der Waals surface area (Å²) in [6.45, 7) is 3.19. The zero-order valence-electron chi connectivity index (χ0n) is 16.3. The van der Waals surface area contributed by atoms with Crippen LogP contribution in [0.2, 0.25) is 0 Å². The number of rotatable bonds is 13. The predicted molar refractivity (Wildman–Crippen MR) is 111 cm³/mol. The fourth-order valence-corrected chi connectivity index (χ4v) is 3.28. The van der Waals surface area contributed by atoms with Crippen molar-refractivity contribution in [1.82, 2.24) is 15.6 Å². The molecule has 1 aliphatic heterocycles. The molecule has 1 unspecified atom stereocenters. The third kappa shape index (κ3) is 7.71. The Kier molecular flexibility index (Phi) is 9.43. The molecule has 0 bridgehead atoms. The van der Waals surface area contributed by atoms with E-state index in [1.807, 2.05) is 36.4 Å². The van der Waals surface area contributed by atoms with Gasteiger partial charge in [-0.1, -0.05) is 76.9 Å². The number of dihydropyridines is 1. The molecule has 0 aliphatic carbocycles. The van der Waals surface area contributed by atoms with E-state index in [9.17, 15) is 0 Å². The lowest BCUT2D eigenvalue weighted by Crippen LogP contribution is -2.62. The largest absolute Gasteiger partial charge is 0.350 e. The zero-order valence-corrected chi connectivity index (χ0v) is 16.3. The van der Waals surface area contributed by atoms with E-state index in [4.69, 9.17) is 5.73 Å². The van der Waals surface area contributed by atoms with Crippen LogP contribution in [0.4, 0.5) is 0 Å². The maximum atomic E-state index is 6.43. The number of pyridine rings is 1. The summed E-state index contributed by atoms with van der Waals surface area (Å²) in [5.41, 5.74) is 8.29. The van der Waals surface area contributed by atoms with Gasteiger partial charge in [-0.3, -0.25) is 16.0 Å². The number of hydrogen-bond donors (Lipinski definition) is 3. The van der Waals surface area contributed by atoms with Gasteiger partial charge in [0.25, 0.3) is 0 Å². The Balaban J connectivity index is 1.56. The number of allylic oxidation sites excluding steroid dienone is 2. The molecule has 2 rings (SSSR count). The monoisotopic (exact) mass is 356 g/mol. The van der Waals surface area contributed by atoms with Gasteiger partial charge >= 0.3 is 0 Å². The Morgan fingerprint density at radius 2 is 1.69 bits per heavy atom. The SMILES string of the molecule is CCCCCCCCCCCCNC1(N)C=CC=C(c2ccccn2)N1. The summed E-state index contributed by atoms with van der Waals surface area (Å²) in [5.74, 6) is -0.694. The van der Waals surface area contributed by atoms with E-state index in [0.29, 0.717) is 0 Å². The summed E-state index contributed by atoms with van der Waals surface area (Å²) in [4.78, 5) is 4.38. The summed E-state index contributed by atoms with van der Waals surface area (Å²) < 4.78 is 0.